The highest BCUT2D eigenvalue weighted by molar-refractivity contribution is 5.91. The van der Waals surface area contributed by atoms with E-state index in [1.807, 2.05) is 13.0 Å². The highest BCUT2D eigenvalue weighted by atomic mass is 16.5. The molecule has 0 fully saturated rings. The van der Waals surface area contributed by atoms with Gasteiger partial charge < -0.3 is 14.5 Å². The summed E-state index contributed by atoms with van der Waals surface area (Å²) in [4.78, 5) is 11.9. The summed E-state index contributed by atoms with van der Waals surface area (Å²) in [5, 5.41) is 2.97. The van der Waals surface area contributed by atoms with Crippen LogP contribution in [0.2, 0.25) is 0 Å². The van der Waals surface area contributed by atoms with Gasteiger partial charge in [0.1, 0.15) is 5.75 Å². The number of ether oxygens (including phenoxy) is 1. The summed E-state index contributed by atoms with van der Waals surface area (Å²) >= 11 is 0. The fourth-order valence-electron chi connectivity index (χ4n) is 2.60. The van der Waals surface area contributed by atoms with Gasteiger partial charge in [0.05, 0.1) is 19.1 Å². The van der Waals surface area contributed by atoms with Crippen molar-refractivity contribution in [3.63, 3.8) is 0 Å². The van der Waals surface area contributed by atoms with Gasteiger partial charge in [0.15, 0.2) is 0 Å². The van der Waals surface area contributed by atoms with Gasteiger partial charge in [-0.25, -0.2) is 0 Å². The first-order chi connectivity index (χ1) is 10.7. The lowest BCUT2D eigenvalue weighted by atomic mass is 10.0. The van der Waals surface area contributed by atoms with E-state index in [4.69, 9.17) is 9.15 Å². The van der Waals surface area contributed by atoms with Crippen molar-refractivity contribution in [2.75, 3.05) is 6.61 Å². The van der Waals surface area contributed by atoms with E-state index in [2.05, 4.69) is 17.4 Å². The van der Waals surface area contributed by atoms with E-state index in [-0.39, 0.29) is 11.9 Å². The molecule has 4 nitrogen and oxygen atoms in total. The Morgan fingerprint density at radius 2 is 2.32 bits per heavy atom. The van der Waals surface area contributed by atoms with E-state index < -0.39 is 0 Å². The minimum atomic E-state index is -0.0989. The standard InChI is InChI=1S/C18H19NO3/c1-13(19-18(20)5-3-14-6-8-21-12-14)10-15-2-4-17-16(11-15)7-9-22-17/h2-6,8,11-13H,7,9-10H2,1H3,(H,19,20)/b5-3+/t13-/m1/s1. The molecule has 1 atom stereocenters. The fraction of sp³-hybridized carbons (Fsp3) is 0.278. The predicted molar refractivity (Wildman–Crippen MR) is 84.7 cm³/mol. The number of furan rings is 1. The van der Waals surface area contributed by atoms with Crippen LogP contribution in [-0.4, -0.2) is 18.6 Å². The number of nitrogens with one attached hydrogen (secondary N) is 1. The first-order valence-corrected chi connectivity index (χ1v) is 7.46. The molecule has 0 saturated carbocycles. The molecule has 114 valence electrons. The minimum Gasteiger partial charge on any atom is -0.493 e. The average Bonchev–Trinajstić information content (AvgIpc) is 3.15. The minimum absolute atomic E-state index is 0.0712. The lowest BCUT2D eigenvalue weighted by Gasteiger charge is -2.13. The molecule has 3 rings (SSSR count). The third kappa shape index (κ3) is 3.58. The summed E-state index contributed by atoms with van der Waals surface area (Å²) < 4.78 is 10.5. The van der Waals surface area contributed by atoms with E-state index in [0.29, 0.717) is 0 Å². The maximum atomic E-state index is 11.9. The molecule has 0 saturated heterocycles. The Kier molecular flexibility index (Phi) is 4.28. The quantitative estimate of drug-likeness (QED) is 0.863. The van der Waals surface area contributed by atoms with Crippen LogP contribution in [0.25, 0.3) is 6.08 Å². The van der Waals surface area contributed by atoms with Crippen LogP contribution in [-0.2, 0) is 17.6 Å². The van der Waals surface area contributed by atoms with Crippen LogP contribution in [0.5, 0.6) is 5.75 Å². The first-order valence-electron chi connectivity index (χ1n) is 7.46. The molecule has 0 spiro atoms. The molecule has 0 radical (unpaired) electrons. The van der Waals surface area contributed by atoms with E-state index >= 15 is 0 Å². The normalized spacial score (nSPS) is 14.6. The second-order valence-electron chi connectivity index (χ2n) is 5.54. The predicted octanol–water partition coefficient (Wildman–Crippen LogP) is 2.98. The SMILES string of the molecule is C[C@H](Cc1ccc2c(c1)CCO2)NC(=O)/C=C/c1ccoc1. The van der Waals surface area contributed by atoms with E-state index in [0.717, 1.165) is 30.8 Å². The molecular weight excluding hydrogens is 278 g/mol. The summed E-state index contributed by atoms with van der Waals surface area (Å²) in [5.74, 6) is 0.890. The number of carbonyl (C=O) groups excluding carboxylic acids is 1. The molecule has 0 unspecified atom stereocenters. The van der Waals surface area contributed by atoms with Crippen molar-refractivity contribution in [1.29, 1.82) is 0 Å². The molecule has 22 heavy (non-hydrogen) atoms. The molecular formula is C18H19NO3. The van der Waals surface area contributed by atoms with Gasteiger partial charge in [-0.2, -0.15) is 0 Å². The molecule has 1 N–H and O–H groups in total. The fourth-order valence-corrected chi connectivity index (χ4v) is 2.60. The van der Waals surface area contributed by atoms with Crippen molar-refractivity contribution in [1.82, 2.24) is 5.32 Å². The van der Waals surface area contributed by atoms with E-state index in [1.165, 1.54) is 17.2 Å². The summed E-state index contributed by atoms with van der Waals surface area (Å²) in [5.41, 5.74) is 3.35. The van der Waals surface area contributed by atoms with Gasteiger partial charge in [0.2, 0.25) is 5.91 Å². The Morgan fingerprint density at radius 1 is 1.41 bits per heavy atom. The van der Waals surface area contributed by atoms with Gasteiger partial charge >= 0.3 is 0 Å². The van der Waals surface area contributed by atoms with Gasteiger partial charge in [0.25, 0.3) is 0 Å². The lowest BCUT2D eigenvalue weighted by Crippen LogP contribution is -2.32. The highest BCUT2D eigenvalue weighted by Gasteiger charge is 2.13. The number of carbonyl (C=O) groups is 1. The zero-order valence-corrected chi connectivity index (χ0v) is 12.5. The van der Waals surface area contributed by atoms with Crippen molar-refractivity contribution >= 4 is 12.0 Å². The second kappa shape index (κ2) is 6.52. The topological polar surface area (TPSA) is 51.5 Å². The molecule has 1 aliphatic heterocycles. The monoisotopic (exact) mass is 297 g/mol. The number of hydrogen-bond donors (Lipinski definition) is 1. The largest absolute Gasteiger partial charge is 0.493 e. The Labute approximate surface area is 129 Å². The third-order valence-electron chi connectivity index (χ3n) is 3.65. The average molecular weight is 297 g/mol. The van der Waals surface area contributed by atoms with Crippen LogP contribution in [0.4, 0.5) is 0 Å². The Hall–Kier alpha value is -2.49. The summed E-state index contributed by atoms with van der Waals surface area (Å²) in [6.07, 6.45) is 8.21. The van der Waals surface area contributed by atoms with E-state index in [1.54, 1.807) is 24.7 Å². The smallest absolute Gasteiger partial charge is 0.244 e. The number of fused-ring (bicyclic) bond motifs is 1. The van der Waals surface area contributed by atoms with Crippen molar-refractivity contribution in [3.8, 4) is 5.75 Å². The second-order valence-corrected chi connectivity index (χ2v) is 5.54. The van der Waals surface area contributed by atoms with Crippen molar-refractivity contribution < 1.29 is 13.9 Å². The molecule has 1 aromatic heterocycles. The summed E-state index contributed by atoms with van der Waals surface area (Å²) in [6, 6.07) is 8.13. The molecule has 1 aromatic carbocycles. The molecule has 1 aliphatic rings. The van der Waals surface area contributed by atoms with Crippen LogP contribution in [0.1, 0.15) is 23.6 Å². The molecule has 4 heteroatoms. The number of hydrogen-bond acceptors (Lipinski definition) is 3. The lowest BCUT2D eigenvalue weighted by molar-refractivity contribution is -0.117. The molecule has 0 bridgehead atoms. The molecule has 0 aliphatic carbocycles. The van der Waals surface area contributed by atoms with E-state index in [9.17, 15) is 4.79 Å². The van der Waals surface area contributed by atoms with Crippen molar-refractivity contribution in [2.45, 2.75) is 25.8 Å². The third-order valence-corrected chi connectivity index (χ3v) is 3.65. The summed E-state index contributed by atoms with van der Waals surface area (Å²) in [6.45, 7) is 2.77. The van der Waals surface area contributed by atoms with Crippen LogP contribution in [0.3, 0.4) is 0 Å². The van der Waals surface area contributed by atoms with Crippen LogP contribution < -0.4 is 10.1 Å². The van der Waals surface area contributed by atoms with Crippen LogP contribution >= 0.6 is 0 Å². The Bertz CT molecular complexity index is 674. The first kappa shape index (κ1) is 14.4. The van der Waals surface area contributed by atoms with Gasteiger partial charge in [0, 0.05) is 24.1 Å². The van der Waals surface area contributed by atoms with Crippen LogP contribution in [0.15, 0.2) is 47.3 Å². The number of rotatable bonds is 5. The zero-order chi connectivity index (χ0) is 15.4. The van der Waals surface area contributed by atoms with Gasteiger partial charge in [-0.3, -0.25) is 4.79 Å². The Morgan fingerprint density at radius 3 is 3.14 bits per heavy atom. The molecule has 2 aromatic rings. The van der Waals surface area contributed by atoms with Crippen molar-refractivity contribution in [2.24, 2.45) is 0 Å². The molecule has 1 amide bonds. The van der Waals surface area contributed by atoms with Gasteiger partial charge in [-0.1, -0.05) is 12.1 Å². The molecule has 2 heterocycles. The summed E-state index contributed by atoms with van der Waals surface area (Å²) in [7, 11) is 0. The number of amides is 1. The maximum Gasteiger partial charge on any atom is 0.244 e. The van der Waals surface area contributed by atoms with Gasteiger partial charge in [-0.15, -0.1) is 0 Å². The highest BCUT2D eigenvalue weighted by Crippen LogP contribution is 2.26. The van der Waals surface area contributed by atoms with Crippen molar-refractivity contribution in [3.05, 3.63) is 59.6 Å². The zero-order valence-electron chi connectivity index (χ0n) is 12.5. The number of benzene rings is 1. The van der Waals surface area contributed by atoms with Gasteiger partial charge in [-0.05, 0) is 42.7 Å². The van der Waals surface area contributed by atoms with Crippen LogP contribution in [0, 0.1) is 0 Å². The Balaban J connectivity index is 1.53. The maximum absolute atomic E-state index is 11.9.